The van der Waals surface area contributed by atoms with Gasteiger partial charge in [-0.25, -0.2) is 9.18 Å². The minimum Gasteiger partial charge on any atom is -0.480 e. The highest BCUT2D eigenvalue weighted by molar-refractivity contribution is 5.91. The first-order valence-electron chi connectivity index (χ1n) is 7.51. The molecule has 1 amide bonds. The van der Waals surface area contributed by atoms with Crippen LogP contribution in [0.25, 0.3) is 0 Å². The Balaban J connectivity index is 2.25. The van der Waals surface area contributed by atoms with Gasteiger partial charge in [-0.2, -0.15) is 13.2 Å². The molecule has 1 aliphatic carbocycles. The van der Waals surface area contributed by atoms with Crippen molar-refractivity contribution in [1.82, 2.24) is 5.32 Å². The zero-order chi connectivity index (χ0) is 18.0. The molecule has 8 heteroatoms. The number of hydrogen-bond donors (Lipinski definition) is 2. The number of carboxylic acid groups (broad SMARTS) is 1. The second-order valence-corrected chi connectivity index (χ2v) is 5.98. The molecule has 2 N–H and O–H groups in total. The maximum Gasteiger partial charge on any atom is 0.391 e. The lowest BCUT2D eigenvalue weighted by atomic mass is 9.77. The van der Waals surface area contributed by atoms with Crippen LogP contribution >= 0.6 is 0 Å². The van der Waals surface area contributed by atoms with Gasteiger partial charge in [0.25, 0.3) is 0 Å². The van der Waals surface area contributed by atoms with Gasteiger partial charge in [-0.15, -0.1) is 0 Å². The number of hydrogen-bond acceptors (Lipinski definition) is 2. The monoisotopic (exact) mass is 347 g/mol. The van der Waals surface area contributed by atoms with Gasteiger partial charge in [0.1, 0.15) is 11.9 Å². The topological polar surface area (TPSA) is 66.4 Å². The van der Waals surface area contributed by atoms with Crippen LogP contribution in [-0.4, -0.2) is 29.2 Å². The molecule has 1 unspecified atom stereocenters. The fourth-order valence-corrected chi connectivity index (χ4v) is 3.12. The van der Waals surface area contributed by atoms with Gasteiger partial charge in [-0.1, -0.05) is 25.0 Å². The van der Waals surface area contributed by atoms with Crippen LogP contribution in [0.5, 0.6) is 0 Å². The Morgan fingerprint density at radius 1 is 1.17 bits per heavy atom. The lowest BCUT2D eigenvalue weighted by molar-refractivity contribution is -0.160. The van der Waals surface area contributed by atoms with Gasteiger partial charge in [0.15, 0.2) is 0 Å². The van der Waals surface area contributed by atoms with E-state index in [0.717, 1.165) is 0 Å². The van der Waals surface area contributed by atoms with Gasteiger partial charge in [-0.05, 0) is 30.5 Å². The molecule has 0 heterocycles. The van der Waals surface area contributed by atoms with Gasteiger partial charge in [0.2, 0.25) is 5.91 Å². The van der Waals surface area contributed by atoms with Crippen molar-refractivity contribution in [2.24, 2.45) is 0 Å². The molecule has 0 spiro atoms. The molecular formula is C16H17F4NO3. The molecule has 1 atom stereocenters. The Labute approximate surface area is 135 Å². The van der Waals surface area contributed by atoms with Gasteiger partial charge >= 0.3 is 12.1 Å². The first-order chi connectivity index (χ1) is 11.1. The van der Waals surface area contributed by atoms with Crippen molar-refractivity contribution in [3.63, 3.8) is 0 Å². The summed E-state index contributed by atoms with van der Waals surface area (Å²) in [5, 5.41) is 11.0. The third-order valence-electron chi connectivity index (χ3n) is 4.33. The van der Waals surface area contributed by atoms with Gasteiger partial charge < -0.3 is 10.4 Å². The number of halogens is 4. The fraction of sp³-hybridized carbons (Fsp3) is 0.500. The molecule has 0 aromatic heterocycles. The lowest BCUT2D eigenvalue weighted by Gasteiger charge is -2.30. The van der Waals surface area contributed by atoms with Crippen molar-refractivity contribution in [2.45, 2.75) is 49.7 Å². The van der Waals surface area contributed by atoms with Crippen LogP contribution in [0.15, 0.2) is 24.3 Å². The second kappa shape index (κ2) is 6.78. The molecular weight excluding hydrogens is 330 g/mol. The molecule has 0 bridgehead atoms. The summed E-state index contributed by atoms with van der Waals surface area (Å²) in [6, 6.07) is 3.13. The number of aliphatic carboxylic acids is 1. The molecule has 24 heavy (non-hydrogen) atoms. The molecule has 2 rings (SSSR count). The second-order valence-electron chi connectivity index (χ2n) is 5.98. The first-order valence-corrected chi connectivity index (χ1v) is 7.51. The molecule has 1 aromatic rings. The van der Waals surface area contributed by atoms with E-state index in [-0.39, 0.29) is 0 Å². The minimum atomic E-state index is -4.71. The van der Waals surface area contributed by atoms with Gasteiger partial charge in [-0.3, -0.25) is 4.79 Å². The Hall–Kier alpha value is -2.12. The SMILES string of the molecule is O=C(O)C(CC(F)(F)F)NC(=O)C1(c2ccc(F)cc2)CCCC1. The average molecular weight is 347 g/mol. The Bertz CT molecular complexity index is 607. The fourth-order valence-electron chi connectivity index (χ4n) is 3.12. The van der Waals surface area contributed by atoms with Crippen molar-refractivity contribution in [1.29, 1.82) is 0 Å². The molecule has 1 aliphatic rings. The summed E-state index contributed by atoms with van der Waals surface area (Å²) in [4.78, 5) is 23.7. The third-order valence-corrected chi connectivity index (χ3v) is 4.33. The zero-order valence-corrected chi connectivity index (χ0v) is 12.7. The van der Waals surface area contributed by atoms with E-state index in [1.807, 2.05) is 5.32 Å². The van der Waals surface area contributed by atoms with Crippen LogP contribution in [-0.2, 0) is 15.0 Å². The molecule has 0 saturated heterocycles. The van der Waals surface area contributed by atoms with Crippen LogP contribution in [0, 0.1) is 5.82 Å². The van der Waals surface area contributed by atoms with Crippen molar-refractivity contribution < 1.29 is 32.3 Å². The lowest BCUT2D eigenvalue weighted by Crippen LogP contribution is -2.51. The number of rotatable bonds is 5. The smallest absolute Gasteiger partial charge is 0.391 e. The molecule has 0 aliphatic heterocycles. The Morgan fingerprint density at radius 3 is 2.17 bits per heavy atom. The summed E-state index contributed by atoms with van der Waals surface area (Å²) >= 11 is 0. The highest BCUT2D eigenvalue weighted by atomic mass is 19.4. The first kappa shape index (κ1) is 18.2. The standard InChI is InChI=1S/C16H17F4NO3/c17-11-5-3-10(4-6-11)15(7-1-2-8-15)14(24)21-12(13(22)23)9-16(18,19)20/h3-6,12H,1-2,7-9H2,(H,21,24)(H,22,23). The van der Waals surface area contributed by atoms with E-state index >= 15 is 0 Å². The summed E-state index contributed by atoms with van der Waals surface area (Å²) in [6.45, 7) is 0. The molecule has 1 saturated carbocycles. The van der Waals surface area contributed by atoms with Crippen molar-refractivity contribution >= 4 is 11.9 Å². The number of carbonyl (C=O) groups is 2. The molecule has 1 fully saturated rings. The number of nitrogens with one attached hydrogen (secondary N) is 1. The highest BCUT2D eigenvalue weighted by Gasteiger charge is 2.45. The minimum absolute atomic E-state index is 0.378. The summed E-state index contributed by atoms with van der Waals surface area (Å²) in [7, 11) is 0. The maximum atomic E-state index is 13.1. The zero-order valence-electron chi connectivity index (χ0n) is 12.7. The van der Waals surface area contributed by atoms with Gasteiger partial charge in [0.05, 0.1) is 11.8 Å². The average Bonchev–Trinajstić information content (AvgIpc) is 2.96. The Morgan fingerprint density at radius 2 is 1.71 bits per heavy atom. The normalized spacial score (nSPS) is 18.2. The quantitative estimate of drug-likeness (QED) is 0.804. The predicted molar refractivity (Wildman–Crippen MR) is 76.8 cm³/mol. The summed E-state index contributed by atoms with van der Waals surface area (Å²) in [6.07, 6.45) is -4.24. The molecule has 0 radical (unpaired) electrons. The number of benzene rings is 1. The van der Waals surface area contributed by atoms with Crippen molar-refractivity contribution in [2.75, 3.05) is 0 Å². The van der Waals surface area contributed by atoms with E-state index in [1.165, 1.54) is 24.3 Å². The highest BCUT2D eigenvalue weighted by Crippen LogP contribution is 2.41. The molecule has 132 valence electrons. The van der Waals surface area contributed by atoms with Crippen LogP contribution < -0.4 is 5.32 Å². The number of amides is 1. The van der Waals surface area contributed by atoms with Crippen LogP contribution in [0.3, 0.4) is 0 Å². The largest absolute Gasteiger partial charge is 0.480 e. The summed E-state index contributed by atoms with van der Waals surface area (Å²) in [5.41, 5.74) is -0.637. The van der Waals surface area contributed by atoms with E-state index in [9.17, 15) is 27.2 Å². The van der Waals surface area contributed by atoms with E-state index in [2.05, 4.69) is 0 Å². The number of carboxylic acids is 1. The van der Waals surface area contributed by atoms with Crippen LogP contribution in [0.1, 0.15) is 37.7 Å². The third kappa shape index (κ3) is 4.04. The predicted octanol–water partition coefficient (Wildman–Crippen LogP) is 3.16. The molecule has 4 nitrogen and oxygen atoms in total. The van der Waals surface area contributed by atoms with Crippen molar-refractivity contribution in [3.8, 4) is 0 Å². The summed E-state index contributed by atoms with van der Waals surface area (Å²) in [5.74, 6) is -3.00. The molecule has 1 aromatic carbocycles. The van der Waals surface area contributed by atoms with E-state index in [4.69, 9.17) is 5.11 Å². The van der Waals surface area contributed by atoms with Gasteiger partial charge in [0, 0.05) is 0 Å². The van der Waals surface area contributed by atoms with Crippen LogP contribution in [0.4, 0.5) is 17.6 Å². The van der Waals surface area contributed by atoms with E-state index in [1.54, 1.807) is 0 Å². The number of alkyl halides is 3. The summed E-state index contributed by atoms with van der Waals surface area (Å²) < 4.78 is 50.6. The van der Waals surface area contributed by atoms with E-state index in [0.29, 0.717) is 31.2 Å². The maximum absolute atomic E-state index is 13.1. The van der Waals surface area contributed by atoms with E-state index < -0.39 is 41.7 Å². The van der Waals surface area contributed by atoms with Crippen molar-refractivity contribution in [3.05, 3.63) is 35.6 Å². The number of carbonyl (C=O) groups excluding carboxylic acids is 1. The van der Waals surface area contributed by atoms with Crippen LogP contribution in [0.2, 0.25) is 0 Å². The Kier molecular flexibility index (Phi) is 5.15.